The van der Waals surface area contributed by atoms with Crippen molar-refractivity contribution in [3.8, 4) is 0 Å². The highest BCUT2D eigenvalue weighted by Crippen LogP contribution is 2.66. The van der Waals surface area contributed by atoms with E-state index in [2.05, 4.69) is 31.1 Å². The molecule has 1 aromatic carbocycles. The predicted octanol–water partition coefficient (Wildman–Crippen LogP) is 2.92. The van der Waals surface area contributed by atoms with Crippen molar-refractivity contribution in [1.29, 1.82) is 0 Å². The van der Waals surface area contributed by atoms with Crippen LogP contribution >= 0.6 is 7.14 Å². The van der Waals surface area contributed by atoms with Crippen LogP contribution in [0.4, 0.5) is 0 Å². The summed E-state index contributed by atoms with van der Waals surface area (Å²) in [5, 5.41) is 20.1. The summed E-state index contributed by atoms with van der Waals surface area (Å²) >= 11 is 0. The second-order valence-electron chi connectivity index (χ2n) is 7.67. The summed E-state index contributed by atoms with van der Waals surface area (Å²) in [5.41, 5.74) is -0.368. The third-order valence-electron chi connectivity index (χ3n) is 4.62. The van der Waals surface area contributed by atoms with Crippen molar-refractivity contribution in [3.63, 3.8) is 0 Å². The molecule has 0 bridgehead atoms. The van der Waals surface area contributed by atoms with E-state index in [1.54, 1.807) is 11.6 Å². The maximum atomic E-state index is 13.8. The molecule has 5 nitrogen and oxygen atoms in total. The summed E-state index contributed by atoms with van der Waals surface area (Å²) < 4.78 is 15.4. The van der Waals surface area contributed by atoms with Crippen molar-refractivity contribution in [3.05, 3.63) is 42.2 Å². The van der Waals surface area contributed by atoms with Gasteiger partial charge in [-0.3, -0.25) is 0 Å². The van der Waals surface area contributed by atoms with Crippen molar-refractivity contribution >= 4 is 12.4 Å². The molecule has 2 aromatic rings. The van der Waals surface area contributed by atoms with E-state index in [1.807, 2.05) is 36.5 Å². The fourth-order valence-electron chi connectivity index (χ4n) is 3.26. The van der Waals surface area contributed by atoms with Crippen LogP contribution in [0.25, 0.3) is 0 Å². The fourth-order valence-corrected chi connectivity index (χ4v) is 7.03. The minimum Gasteiger partial charge on any atom is -0.387 e. The lowest BCUT2D eigenvalue weighted by atomic mass is 9.93. The number of aromatic nitrogens is 3. The molecule has 0 radical (unpaired) electrons. The number of hydrogen-bond acceptors (Lipinski definition) is 4. The third-order valence-corrected chi connectivity index (χ3v) is 8.27. The van der Waals surface area contributed by atoms with Crippen LogP contribution in [0.5, 0.6) is 0 Å². The first-order chi connectivity index (χ1) is 10.6. The van der Waals surface area contributed by atoms with E-state index in [9.17, 15) is 9.67 Å². The van der Waals surface area contributed by atoms with Gasteiger partial charge in [-0.15, -0.1) is 5.10 Å². The quantitative estimate of drug-likeness (QED) is 0.858. The lowest BCUT2D eigenvalue weighted by molar-refractivity contribution is 0.0371. The largest absolute Gasteiger partial charge is 0.387 e. The minimum absolute atomic E-state index is 0.139. The molecule has 2 heterocycles. The second kappa shape index (κ2) is 5.29. The lowest BCUT2D eigenvalue weighted by Gasteiger charge is -2.29. The molecule has 124 valence electrons. The van der Waals surface area contributed by atoms with Gasteiger partial charge >= 0.3 is 0 Å². The Morgan fingerprint density at radius 1 is 1.30 bits per heavy atom. The topological polar surface area (TPSA) is 68.0 Å². The molecule has 1 aliphatic rings. The molecule has 0 aliphatic carbocycles. The molecule has 23 heavy (non-hydrogen) atoms. The van der Waals surface area contributed by atoms with Gasteiger partial charge < -0.3 is 9.67 Å². The molecule has 6 heteroatoms. The van der Waals surface area contributed by atoms with Crippen LogP contribution in [0.2, 0.25) is 0 Å². The number of hydrogen-bond donors (Lipinski definition) is 1. The first kappa shape index (κ1) is 16.4. The van der Waals surface area contributed by atoms with Gasteiger partial charge in [-0.1, -0.05) is 56.3 Å². The van der Waals surface area contributed by atoms with Crippen molar-refractivity contribution in [2.75, 3.05) is 6.16 Å². The molecule has 1 saturated heterocycles. The number of rotatable bonds is 2. The van der Waals surface area contributed by atoms with Gasteiger partial charge in [0.15, 0.2) is 0 Å². The summed E-state index contributed by atoms with van der Waals surface area (Å²) in [7, 11) is -2.80. The van der Waals surface area contributed by atoms with Gasteiger partial charge in [-0.2, -0.15) is 0 Å². The van der Waals surface area contributed by atoms with Gasteiger partial charge in [0.2, 0.25) is 0 Å². The average molecular weight is 333 g/mol. The Balaban J connectivity index is 2.10. The third kappa shape index (κ3) is 2.77. The minimum atomic E-state index is -2.80. The molecule has 1 unspecified atom stereocenters. The van der Waals surface area contributed by atoms with Crippen LogP contribution in [0.1, 0.15) is 45.6 Å². The van der Waals surface area contributed by atoms with E-state index in [-0.39, 0.29) is 5.41 Å². The first-order valence-corrected chi connectivity index (χ1v) is 9.90. The molecule has 1 fully saturated rings. The number of nitrogens with zero attached hydrogens (tertiary/aromatic N) is 3. The zero-order valence-corrected chi connectivity index (χ0v) is 15.0. The van der Waals surface area contributed by atoms with Gasteiger partial charge in [-0.05, 0) is 13.3 Å². The Morgan fingerprint density at radius 3 is 2.52 bits per heavy atom. The SMILES string of the molecule is CC(C)(C)c1cn([C@H]2[C@](C)(O)CCP2(=O)c2ccccc2)nn1. The maximum Gasteiger partial charge on any atom is 0.142 e. The van der Waals surface area contributed by atoms with Gasteiger partial charge in [0, 0.05) is 23.1 Å². The standard InChI is InChI=1S/C17H24N3O2P/c1-16(2,3)14-12-20(19-18-14)15-17(4,21)10-11-23(15,22)13-8-6-5-7-9-13/h5-9,12,15,21H,10-11H2,1-4H3/t15-,17-,23?/m1/s1. The lowest BCUT2D eigenvalue weighted by Crippen LogP contribution is -2.33. The van der Waals surface area contributed by atoms with E-state index >= 15 is 0 Å². The predicted molar refractivity (Wildman–Crippen MR) is 91.5 cm³/mol. The normalized spacial score (nSPS) is 31.4. The van der Waals surface area contributed by atoms with Gasteiger partial charge in [-0.25, -0.2) is 4.68 Å². The summed E-state index contributed by atoms with van der Waals surface area (Å²) in [4.78, 5) is 0. The molecule has 0 amide bonds. The molecular weight excluding hydrogens is 309 g/mol. The highest BCUT2D eigenvalue weighted by molar-refractivity contribution is 7.72. The summed E-state index contributed by atoms with van der Waals surface area (Å²) in [6, 6.07) is 9.46. The molecule has 0 spiro atoms. The zero-order valence-electron chi connectivity index (χ0n) is 14.1. The highest BCUT2D eigenvalue weighted by atomic mass is 31.2. The molecule has 0 saturated carbocycles. The Morgan fingerprint density at radius 2 is 1.96 bits per heavy atom. The molecule has 1 aromatic heterocycles. The van der Waals surface area contributed by atoms with Crippen LogP contribution < -0.4 is 5.30 Å². The fraction of sp³-hybridized carbons (Fsp3) is 0.529. The summed E-state index contributed by atoms with van der Waals surface area (Å²) in [5.74, 6) is -0.569. The first-order valence-electron chi connectivity index (χ1n) is 7.94. The molecule has 1 aliphatic heterocycles. The van der Waals surface area contributed by atoms with Crippen LogP contribution in [-0.4, -0.2) is 31.9 Å². The van der Waals surface area contributed by atoms with E-state index < -0.39 is 18.5 Å². The summed E-state index contributed by atoms with van der Waals surface area (Å²) in [6.07, 6.45) is 2.81. The highest BCUT2D eigenvalue weighted by Gasteiger charge is 2.54. The monoisotopic (exact) mass is 333 g/mol. The Hall–Kier alpha value is -1.45. The van der Waals surface area contributed by atoms with Gasteiger partial charge in [0.25, 0.3) is 0 Å². The van der Waals surface area contributed by atoms with Crippen molar-refractivity contribution in [2.45, 2.75) is 50.9 Å². The Labute approximate surface area is 137 Å². The van der Waals surface area contributed by atoms with Crippen molar-refractivity contribution < 1.29 is 9.67 Å². The van der Waals surface area contributed by atoms with Gasteiger partial charge in [0.05, 0.1) is 11.3 Å². The molecular formula is C17H24N3O2P. The van der Waals surface area contributed by atoms with Crippen LogP contribution in [0.15, 0.2) is 36.5 Å². The average Bonchev–Trinajstić information content (AvgIpc) is 3.03. The smallest absolute Gasteiger partial charge is 0.142 e. The van der Waals surface area contributed by atoms with E-state index in [4.69, 9.17) is 0 Å². The second-order valence-corrected chi connectivity index (χ2v) is 10.7. The number of benzene rings is 1. The Bertz CT molecular complexity index is 747. The van der Waals surface area contributed by atoms with Gasteiger partial charge in [0.1, 0.15) is 12.9 Å². The Kier molecular flexibility index (Phi) is 3.77. The van der Waals surface area contributed by atoms with E-state index in [0.29, 0.717) is 12.6 Å². The van der Waals surface area contributed by atoms with E-state index in [0.717, 1.165) is 11.0 Å². The molecule has 1 N–H and O–H groups in total. The van der Waals surface area contributed by atoms with Crippen LogP contribution in [-0.2, 0) is 9.98 Å². The van der Waals surface area contributed by atoms with Crippen molar-refractivity contribution in [1.82, 2.24) is 15.0 Å². The van der Waals surface area contributed by atoms with E-state index in [1.165, 1.54) is 0 Å². The molecule has 3 rings (SSSR count). The zero-order chi connectivity index (χ0) is 16.9. The van der Waals surface area contributed by atoms with Crippen LogP contribution in [0, 0.1) is 0 Å². The molecule has 3 atom stereocenters. The number of aliphatic hydroxyl groups is 1. The van der Waals surface area contributed by atoms with Crippen molar-refractivity contribution in [2.24, 2.45) is 0 Å². The van der Waals surface area contributed by atoms with Crippen LogP contribution in [0.3, 0.4) is 0 Å². The summed E-state index contributed by atoms with van der Waals surface area (Å²) in [6.45, 7) is 7.93. The maximum absolute atomic E-state index is 13.8.